The SMILES string of the molecule is CCOCC(=O)N1C[C@H](c2cccc(F)c2F)[C@H]2[C@@H]1C1CCN2CC1. The lowest BCUT2D eigenvalue weighted by Gasteiger charge is -2.51. The molecule has 6 heteroatoms. The highest BCUT2D eigenvalue weighted by molar-refractivity contribution is 5.78. The second kappa shape index (κ2) is 6.65. The quantitative estimate of drug-likeness (QED) is 0.836. The summed E-state index contributed by atoms with van der Waals surface area (Å²) >= 11 is 0. The monoisotopic (exact) mass is 350 g/mol. The summed E-state index contributed by atoms with van der Waals surface area (Å²) in [6.07, 6.45) is 2.13. The number of piperidine rings is 3. The zero-order valence-corrected chi connectivity index (χ0v) is 14.5. The fraction of sp³-hybridized carbons (Fsp3) is 0.632. The molecule has 1 aromatic rings. The number of hydrogen-bond donors (Lipinski definition) is 0. The van der Waals surface area contributed by atoms with Crippen molar-refractivity contribution in [3.63, 3.8) is 0 Å². The summed E-state index contributed by atoms with van der Waals surface area (Å²) in [4.78, 5) is 16.9. The number of fused-ring (bicyclic) bond motifs is 2. The molecular weight excluding hydrogens is 326 g/mol. The number of amides is 1. The molecule has 4 aliphatic rings. The normalized spacial score (nSPS) is 33.6. The van der Waals surface area contributed by atoms with Crippen LogP contribution in [0.25, 0.3) is 0 Å². The van der Waals surface area contributed by atoms with Crippen LogP contribution in [0.3, 0.4) is 0 Å². The molecule has 0 saturated carbocycles. The third-order valence-electron chi connectivity index (χ3n) is 6.13. The van der Waals surface area contributed by atoms with Gasteiger partial charge in [0.2, 0.25) is 5.91 Å². The Morgan fingerprint density at radius 1 is 1.24 bits per heavy atom. The number of nitrogens with zero attached hydrogens (tertiary/aromatic N) is 2. The molecule has 1 amide bonds. The van der Waals surface area contributed by atoms with Crippen molar-refractivity contribution in [2.45, 2.75) is 37.8 Å². The lowest BCUT2D eigenvalue weighted by atomic mass is 9.75. The molecule has 0 spiro atoms. The number of carbonyl (C=O) groups excluding carboxylic acids is 1. The topological polar surface area (TPSA) is 32.8 Å². The number of hydrogen-bond acceptors (Lipinski definition) is 3. The van der Waals surface area contributed by atoms with E-state index in [0.29, 0.717) is 24.6 Å². The molecule has 4 heterocycles. The van der Waals surface area contributed by atoms with Crippen LogP contribution in [0, 0.1) is 17.6 Å². The molecule has 0 radical (unpaired) electrons. The maximum atomic E-state index is 14.5. The number of likely N-dealkylation sites (tertiary alicyclic amines) is 1. The second-order valence-electron chi connectivity index (χ2n) is 7.29. The maximum absolute atomic E-state index is 14.5. The minimum absolute atomic E-state index is 0.0371. The number of benzene rings is 1. The molecule has 5 rings (SSSR count). The van der Waals surface area contributed by atoms with Crippen LogP contribution in [-0.4, -0.2) is 60.6 Å². The van der Waals surface area contributed by atoms with Gasteiger partial charge in [0.1, 0.15) is 6.61 Å². The zero-order valence-electron chi connectivity index (χ0n) is 14.5. The molecule has 0 unspecified atom stereocenters. The van der Waals surface area contributed by atoms with Gasteiger partial charge in [-0.15, -0.1) is 0 Å². The van der Waals surface area contributed by atoms with Gasteiger partial charge >= 0.3 is 0 Å². The number of carbonyl (C=O) groups is 1. The molecule has 2 bridgehead atoms. The highest BCUT2D eigenvalue weighted by Crippen LogP contribution is 2.47. The first-order valence-electron chi connectivity index (χ1n) is 9.17. The van der Waals surface area contributed by atoms with Crippen LogP contribution in [0.15, 0.2) is 18.2 Å². The Morgan fingerprint density at radius 2 is 2.00 bits per heavy atom. The van der Waals surface area contributed by atoms with Crippen LogP contribution < -0.4 is 0 Å². The molecule has 25 heavy (non-hydrogen) atoms. The molecule has 1 aromatic carbocycles. The Morgan fingerprint density at radius 3 is 2.72 bits per heavy atom. The molecule has 4 aliphatic heterocycles. The maximum Gasteiger partial charge on any atom is 0.248 e. The van der Waals surface area contributed by atoms with E-state index in [1.165, 1.54) is 0 Å². The van der Waals surface area contributed by atoms with Crippen molar-refractivity contribution in [2.75, 3.05) is 32.8 Å². The van der Waals surface area contributed by atoms with Gasteiger partial charge in [0.05, 0.1) is 6.04 Å². The van der Waals surface area contributed by atoms with Gasteiger partial charge in [-0.25, -0.2) is 8.78 Å². The van der Waals surface area contributed by atoms with Gasteiger partial charge in [-0.05, 0) is 50.4 Å². The molecular formula is C19H24F2N2O2. The average Bonchev–Trinajstić information content (AvgIpc) is 3.06. The van der Waals surface area contributed by atoms with Crippen molar-refractivity contribution >= 4 is 5.91 Å². The van der Waals surface area contributed by atoms with E-state index < -0.39 is 11.6 Å². The van der Waals surface area contributed by atoms with Crippen molar-refractivity contribution in [1.82, 2.24) is 9.80 Å². The molecule has 0 N–H and O–H groups in total. The number of ether oxygens (including phenoxy) is 1. The van der Waals surface area contributed by atoms with E-state index >= 15 is 0 Å². The van der Waals surface area contributed by atoms with Crippen molar-refractivity contribution in [3.8, 4) is 0 Å². The van der Waals surface area contributed by atoms with Crippen molar-refractivity contribution < 1.29 is 18.3 Å². The van der Waals surface area contributed by atoms with Crippen molar-refractivity contribution in [3.05, 3.63) is 35.4 Å². The van der Waals surface area contributed by atoms with Crippen LogP contribution in [0.1, 0.15) is 31.2 Å². The van der Waals surface area contributed by atoms with Gasteiger partial charge in [0.25, 0.3) is 0 Å². The first-order valence-corrected chi connectivity index (χ1v) is 9.17. The van der Waals surface area contributed by atoms with E-state index in [4.69, 9.17) is 4.74 Å². The van der Waals surface area contributed by atoms with Gasteiger partial charge in [0, 0.05) is 25.1 Å². The summed E-state index contributed by atoms with van der Waals surface area (Å²) in [5, 5.41) is 0. The van der Waals surface area contributed by atoms with Crippen LogP contribution in [0.4, 0.5) is 8.78 Å². The van der Waals surface area contributed by atoms with E-state index in [1.54, 1.807) is 12.1 Å². The smallest absolute Gasteiger partial charge is 0.248 e. The Balaban J connectivity index is 1.68. The zero-order chi connectivity index (χ0) is 17.6. The fourth-order valence-electron chi connectivity index (χ4n) is 5.06. The number of halogens is 2. The minimum atomic E-state index is -0.816. The van der Waals surface area contributed by atoms with E-state index in [0.717, 1.165) is 32.0 Å². The van der Waals surface area contributed by atoms with Gasteiger partial charge in [-0.1, -0.05) is 12.1 Å². The van der Waals surface area contributed by atoms with Crippen molar-refractivity contribution in [2.24, 2.45) is 5.92 Å². The van der Waals surface area contributed by atoms with E-state index in [2.05, 4.69) is 4.90 Å². The summed E-state index contributed by atoms with van der Waals surface area (Å²) in [6, 6.07) is 4.54. The molecule has 0 aromatic heterocycles. The van der Waals surface area contributed by atoms with Gasteiger partial charge in [-0.3, -0.25) is 9.69 Å². The summed E-state index contributed by atoms with van der Waals surface area (Å²) in [5.41, 5.74) is 0.397. The van der Waals surface area contributed by atoms with Gasteiger partial charge < -0.3 is 9.64 Å². The molecule has 4 fully saturated rings. The van der Waals surface area contributed by atoms with Crippen LogP contribution >= 0.6 is 0 Å². The Labute approximate surface area is 146 Å². The summed E-state index contributed by atoms with van der Waals surface area (Å²) < 4.78 is 33.6. The third-order valence-corrected chi connectivity index (χ3v) is 6.13. The fourth-order valence-corrected chi connectivity index (χ4v) is 5.06. The minimum Gasteiger partial charge on any atom is -0.372 e. The molecule has 4 nitrogen and oxygen atoms in total. The van der Waals surface area contributed by atoms with Crippen LogP contribution in [0.5, 0.6) is 0 Å². The Bertz CT molecular complexity index is 661. The van der Waals surface area contributed by atoms with Crippen molar-refractivity contribution in [1.29, 1.82) is 0 Å². The molecule has 4 saturated heterocycles. The predicted octanol–water partition coefficient (Wildman–Crippen LogP) is 2.39. The lowest BCUT2D eigenvalue weighted by molar-refractivity contribution is -0.140. The molecule has 136 valence electrons. The van der Waals surface area contributed by atoms with Gasteiger partial charge in [0.15, 0.2) is 11.6 Å². The van der Waals surface area contributed by atoms with E-state index in [1.807, 2.05) is 11.8 Å². The highest BCUT2D eigenvalue weighted by atomic mass is 19.2. The second-order valence-corrected chi connectivity index (χ2v) is 7.29. The summed E-state index contributed by atoms with van der Waals surface area (Å²) in [5.74, 6) is -1.36. The predicted molar refractivity (Wildman–Crippen MR) is 89.2 cm³/mol. The number of rotatable bonds is 4. The molecule has 0 aliphatic carbocycles. The summed E-state index contributed by atoms with van der Waals surface area (Å²) in [6.45, 7) is 4.81. The van der Waals surface area contributed by atoms with Gasteiger partial charge in [-0.2, -0.15) is 0 Å². The first-order chi connectivity index (χ1) is 12.1. The Kier molecular flexibility index (Phi) is 4.50. The van der Waals surface area contributed by atoms with E-state index in [9.17, 15) is 13.6 Å². The first kappa shape index (κ1) is 16.9. The largest absolute Gasteiger partial charge is 0.372 e. The highest BCUT2D eigenvalue weighted by Gasteiger charge is 2.55. The standard InChI is InChI=1S/C19H24F2N2O2/c1-2-25-11-16(24)23-10-14(13-4-3-5-15(20)17(13)21)19-18(23)12-6-8-22(19)9-7-12/h3-5,12,14,18-19H,2,6-11H2,1H3/t14-,18+,19+/m1/s1. The van der Waals surface area contributed by atoms with E-state index in [-0.39, 0.29) is 30.5 Å². The summed E-state index contributed by atoms with van der Waals surface area (Å²) in [7, 11) is 0. The third kappa shape index (κ3) is 2.75. The average molecular weight is 350 g/mol. The molecule has 3 atom stereocenters. The lowest BCUT2D eigenvalue weighted by Crippen LogP contribution is -2.61. The van der Waals surface area contributed by atoms with Crippen LogP contribution in [0.2, 0.25) is 0 Å². The Hall–Kier alpha value is -1.53. The van der Waals surface area contributed by atoms with Crippen LogP contribution in [-0.2, 0) is 9.53 Å².